The van der Waals surface area contributed by atoms with Gasteiger partial charge in [-0.2, -0.15) is 0 Å². The average molecular weight is 326 g/mol. The van der Waals surface area contributed by atoms with Crippen molar-refractivity contribution in [2.75, 3.05) is 31.1 Å². The van der Waals surface area contributed by atoms with E-state index >= 15 is 0 Å². The number of hydrogen-bond acceptors (Lipinski definition) is 4. The number of benzene rings is 2. The molecule has 1 aliphatic rings. The molecule has 5 heteroatoms. The minimum Gasteiger partial charge on any atom is -0.508 e. The molecule has 3 rings (SSSR count). The van der Waals surface area contributed by atoms with Crippen LogP contribution in [-0.4, -0.2) is 47.2 Å². The molecule has 0 radical (unpaired) electrons. The van der Waals surface area contributed by atoms with Crippen LogP contribution in [0.25, 0.3) is 0 Å². The highest BCUT2D eigenvalue weighted by Crippen LogP contribution is 2.27. The zero-order valence-corrected chi connectivity index (χ0v) is 13.6. The SMILES string of the molecule is O=C(CCc1ccccc1O)N1CCN(c2ccccc2O)CC1. The summed E-state index contributed by atoms with van der Waals surface area (Å²) in [6.45, 7) is 2.71. The molecular weight excluding hydrogens is 304 g/mol. The first-order valence-electron chi connectivity index (χ1n) is 8.23. The van der Waals surface area contributed by atoms with Gasteiger partial charge in [-0.15, -0.1) is 0 Å². The summed E-state index contributed by atoms with van der Waals surface area (Å²) in [5, 5.41) is 19.7. The number of phenols is 2. The van der Waals surface area contributed by atoms with Crippen LogP contribution < -0.4 is 4.90 Å². The predicted octanol–water partition coefficient (Wildman–Crippen LogP) is 2.38. The number of anilines is 1. The fraction of sp³-hybridized carbons (Fsp3) is 0.316. The van der Waals surface area contributed by atoms with Crippen LogP contribution in [0.1, 0.15) is 12.0 Å². The van der Waals surface area contributed by atoms with Gasteiger partial charge in [0.25, 0.3) is 0 Å². The van der Waals surface area contributed by atoms with Gasteiger partial charge < -0.3 is 20.0 Å². The lowest BCUT2D eigenvalue weighted by Crippen LogP contribution is -2.48. The molecule has 24 heavy (non-hydrogen) atoms. The Morgan fingerprint density at radius 3 is 2.17 bits per heavy atom. The first kappa shape index (κ1) is 16.2. The fourth-order valence-corrected chi connectivity index (χ4v) is 3.05. The van der Waals surface area contributed by atoms with Crippen molar-refractivity contribution in [2.24, 2.45) is 0 Å². The van der Waals surface area contributed by atoms with E-state index in [1.165, 1.54) is 0 Å². The van der Waals surface area contributed by atoms with Gasteiger partial charge in [-0.05, 0) is 30.2 Å². The highest BCUT2D eigenvalue weighted by Gasteiger charge is 2.22. The van der Waals surface area contributed by atoms with Crippen molar-refractivity contribution in [2.45, 2.75) is 12.8 Å². The number of carbonyl (C=O) groups is 1. The summed E-state index contributed by atoms with van der Waals surface area (Å²) in [6, 6.07) is 14.4. The fourth-order valence-electron chi connectivity index (χ4n) is 3.05. The molecule has 0 bridgehead atoms. The standard InChI is InChI=1S/C19H22N2O3/c22-17-7-3-1-5-15(17)9-10-19(24)21-13-11-20(12-14-21)16-6-2-4-8-18(16)23/h1-8,22-23H,9-14H2. The molecule has 1 heterocycles. The van der Waals surface area contributed by atoms with Crippen molar-refractivity contribution in [3.05, 3.63) is 54.1 Å². The van der Waals surface area contributed by atoms with Crippen LogP contribution in [-0.2, 0) is 11.2 Å². The number of phenolic OH excluding ortho intramolecular Hbond substituents is 2. The van der Waals surface area contributed by atoms with E-state index in [0.29, 0.717) is 39.0 Å². The van der Waals surface area contributed by atoms with Crippen molar-refractivity contribution >= 4 is 11.6 Å². The molecule has 1 aliphatic heterocycles. The topological polar surface area (TPSA) is 64.0 Å². The highest BCUT2D eigenvalue weighted by molar-refractivity contribution is 5.77. The van der Waals surface area contributed by atoms with E-state index in [1.54, 1.807) is 24.3 Å². The van der Waals surface area contributed by atoms with Crippen molar-refractivity contribution < 1.29 is 15.0 Å². The lowest BCUT2D eigenvalue weighted by atomic mass is 10.1. The molecule has 2 aromatic rings. The second kappa shape index (κ2) is 7.25. The van der Waals surface area contributed by atoms with E-state index < -0.39 is 0 Å². The number of hydrogen-bond donors (Lipinski definition) is 2. The van der Waals surface area contributed by atoms with Gasteiger partial charge in [-0.1, -0.05) is 30.3 Å². The quantitative estimate of drug-likeness (QED) is 0.905. The van der Waals surface area contributed by atoms with Crippen molar-refractivity contribution in [3.63, 3.8) is 0 Å². The molecule has 0 saturated carbocycles. The van der Waals surface area contributed by atoms with E-state index in [1.807, 2.05) is 29.2 Å². The van der Waals surface area contributed by atoms with Crippen LogP contribution in [0.5, 0.6) is 11.5 Å². The van der Waals surface area contributed by atoms with Crippen LogP contribution in [0, 0.1) is 0 Å². The number of rotatable bonds is 4. The maximum atomic E-state index is 12.4. The Morgan fingerprint density at radius 1 is 0.875 bits per heavy atom. The van der Waals surface area contributed by atoms with Gasteiger partial charge in [0.1, 0.15) is 11.5 Å². The summed E-state index contributed by atoms with van der Waals surface area (Å²) >= 11 is 0. The zero-order valence-electron chi connectivity index (χ0n) is 13.6. The molecule has 0 aromatic heterocycles. The molecule has 5 nitrogen and oxygen atoms in total. The average Bonchev–Trinajstić information content (AvgIpc) is 2.61. The van der Waals surface area contributed by atoms with E-state index in [4.69, 9.17) is 0 Å². The van der Waals surface area contributed by atoms with Crippen LogP contribution in [0.2, 0.25) is 0 Å². The van der Waals surface area contributed by atoms with Crippen LogP contribution in [0.4, 0.5) is 5.69 Å². The predicted molar refractivity (Wildman–Crippen MR) is 93.3 cm³/mol. The molecule has 0 atom stereocenters. The van der Waals surface area contributed by atoms with Gasteiger partial charge in [0.05, 0.1) is 5.69 Å². The lowest BCUT2D eigenvalue weighted by Gasteiger charge is -2.36. The third-order valence-electron chi connectivity index (χ3n) is 4.45. The third kappa shape index (κ3) is 3.62. The summed E-state index contributed by atoms with van der Waals surface area (Å²) in [5.41, 5.74) is 1.62. The van der Waals surface area contributed by atoms with E-state index in [2.05, 4.69) is 4.90 Å². The number of aryl methyl sites for hydroxylation is 1. The second-order valence-corrected chi connectivity index (χ2v) is 5.99. The lowest BCUT2D eigenvalue weighted by molar-refractivity contribution is -0.131. The molecule has 1 saturated heterocycles. The maximum Gasteiger partial charge on any atom is 0.223 e. The molecule has 0 spiro atoms. The normalized spacial score (nSPS) is 14.7. The van der Waals surface area contributed by atoms with Crippen molar-refractivity contribution in [1.82, 2.24) is 4.90 Å². The van der Waals surface area contributed by atoms with Gasteiger partial charge in [0.2, 0.25) is 5.91 Å². The van der Waals surface area contributed by atoms with Gasteiger partial charge in [0.15, 0.2) is 0 Å². The molecule has 1 amide bonds. The smallest absolute Gasteiger partial charge is 0.223 e. The molecule has 2 N–H and O–H groups in total. The minimum atomic E-state index is 0.107. The van der Waals surface area contributed by atoms with Crippen molar-refractivity contribution in [3.8, 4) is 11.5 Å². The summed E-state index contributed by atoms with van der Waals surface area (Å²) in [5.74, 6) is 0.627. The van der Waals surface area contributed by atoms with Crippen molar-refractivity contribution in [1.29, 1.82) is 0 Å². The van der Waals surface area contributed by atoms with Crippen LogP contribution in [0.15, 0.2) is 48.5 Å². The molecule has 2 aromatic carbocycles. The summed E-state index contributed by atoms with van der Waals surface area (Å²) in [7, 11) is 0. The number of piperazine rings is 1. The maximum absolute atomic E-state index is 12.4. The van der Waals surface area contributed by atoms with Gasteiger partial charge >= 0.3 is 0 Å². The van der Waals surface area contributed by atoms with Gasteiger partial charge in [-0.3, -0.25) is 4.79 Å². The first-order valence-corrected chi connectivity index (χ1v) is 8.23. The Labute approximate surface area is 141 Å². The van der Waals surface area contributed by atoms with Crippen LogP contribution >= 0.6 is 0 Å². The number of amides is 1. The Hall–Kier alpha value is -2.69. The number of aromatic hydroxyl groups is 2. The van der Waals surface area contributed by atoms with E-state index in [0.717, 1.165) is 11.3 Å². The van der Waals surface area contributed by atoms with E-state index in [-0.39, 0.29) is 17.4 Å². The number of nitrogens with zero attached hydrogens (tertiary/aromatic N) is 2. The molecule has 1 fully saturated rings. The summed E-state index contributed by atoms with van der Waals surface area (Å²) in [6.07, 6.45) is 0.944. The Bertz CT molecular complexity index is 709. The first-order chi connectivity index (χ1) is 11.6. The molecule has 126 valence electrons. The van der Waals surface area contributed by atoms with E-state index in [9.17, 15) is 15.0 Å². The molecule has 0 aliphatic carbocycles. The Morgan fingerprint density at radius 2 is 1.50 bits per heavy atom. The number of carbonyl (C=O) groups excluding carboxylic acids is 1. The van der Waals surface area contributed by atoms with Gasteiger partial charge in [0, 0.05) is 32.6 Å². The second-order valence-electron chi connectivity index (χ2n) is 5.99. The minimum absolute atomic E-state index is 0.107. The summed E-state index contributed by atoms with van der Waals surface area (Å²) < 4.78 is 0. The zero-order chi connectivity index (χ0) is 16.9. The monoisotopic (exact) mass is 326 g/mol. The largest absolute Gasteiger partial charge is 0.508 e. The van der Waals surface area contributed by atoms with Crippen LogP contribution in [0.3, 0.4) is 0 Å². The molecular formula is C19H22N2O3. The third-order valence-corrected chi connectivity index (χ3v) is 4.45. The highest BCUT2D eigenvalue weighted by atomic mass is 16.3. The number of para-hydroxylation sites is 3. The molecule has 0 unspecified atom stereocenters. The summed E-state index contributed by atoms with van der Waals surface area (Å²) in [4.78, 5) is 16.3. The Balaban J connectivity index is 1.52. The Kier molecular flexibility index (Phi) is 4.89. The van der Waals surface area contributed by atoms with Gasteiger partial charge in [-0.25, -0.2) is 0 Å².